The van der Waals surface area contributed by atoms with Crippen LogP contribution >= 0.6 is 11.3 Å². The Hall–Kier alpha value is -2.35. The number of aromatic nitrogens is 5. The first-order chi connectivity index (χ1) is 10.8. The third-order valence-electron chi connectivity index (χ3n) is 3.06. The highest BCUT2D eigenvalue weighted by atomic mass is 32.1. The van der Waals surface area contributed by atoms with Gasteiger partial charge in [0.15, 0.2) is 10.7 Å². The summed E-state index contributed by atoms with van der Waals surface area (Å²) in [7, 11) is 0. The molecule has 0 atom stereocenters. The fourth-order valence-corrected chi connectivity index (χ4v) is 2.68. The maximum atomic E-state index is 11.3. The smallest absolute Gasteiger partial charge is 0.305 e. The molecule has 3 rings (SSSR count). The quantitative estimate of drug-likeness (QED) is 0.648. The van der Waals surface area contributed by atoms with Crippen molar-refractivity contribution >= 4 is 23.0 Å². The zero-order chi connectivity index (χ0) is 15.4. The summed E-state index contributed by atoms with van der Waals surface area (Å²) in [6, 6.07) is 3.78. The van der Waals surface area contributed by atoms with E-state index < -0.39 is 0 Å². The van der Waals surface area contributed by atoms with Crippen LogP contribution < -0.4 is 0 Å². The number of thiazole rings is 1. The summed E-state index contributed by atoms with van der Waals surface area (Å²) >= 11 is 1.49. The number of aryl methyl sites for hydroxylation is 1. The van der Waals surface area contributed by atoms with Gasteiger partial charge < -0.3 is 4.74 Å². The molecule has 0 N–H and O–H groups in total. The Morgan fingerprint density at radius 1 is 1.36 bits per heavy atom. The second kappa shape index (κ2) is 6.61. The van der Waals surface area contributed by atoms with Gasteiger partial charge in [-0.2, -0.15) is 9.61 Å². The molecule has 0 fully saturated rings. The Morgan fingerprint density at radius 3 is 3.05 bits per heavy atom. The number of carbonyl (C=O) groups excluding carboxylic acids is 1. The van der Waals surface area contributed by atoms with E-state index in [4.69, 9.17) is 4.74 Å². The lowest BCUT2D eigenvalue weighted by Gasteiger charge is -2.03. The summed E-state index contributed by atoms with van der Waals surface area (Å²) < 4.78 is 6.61. The first-order valence-electron chi connectivity index (χ1n) is 7.04. The average Bonchev–Trinajstić information content (AvgIpc) is 3.16. The topological polar surface area (TPSA) is 82.3 Å². The standard InChI is InChI=1S/C14H15N5O2S/c1-2-21-12(20)5-3-4-10-6-7-11-16-17-13(19(11)18-10)14-15-8-9-22-14/h6-9H,2-5H2,1H3. The summed E-state index contributed by atoms with van der Waals surface area (Å²) in [6.07, 6.45) is 3.52. The van der Waals surface area contributed by atoms with Crippen LogP contribution in [0.3, 0.4) is 0 Å². The van der Waals surface area contributed by atoms with Gasteiger partial charge in [-0.15, -0.1) is 21.5 Å². The molecule has 3 aromatic rings. The summed E-state index contributed by atoms with van der Waals surface area (Å²) in [5.41, 5.74) is 1.56. The second-order valence-corrected chi connectivity index (χ2v) is 5.51. The Kier molecular flexibility index (Phi) is 4.38. The van der Waals surface area contributed by atoms with Crippen LogP contribution in [0.25, 0.3) is 16.5 Å². The summed E-state index contributed by atoms with van der Waals surface area (Å²) in [6.45, 7) is 2.22. The molecule has 0 saturated carbocycles. The van der Waals surface area contributed by atoms with Gasteiger partial charge in [-0.05, 0) is 31.9 Å². The van der Waals surface area contributed by atoms with Crippen molar-refractivity contribution < 1.29 is 9.53 Å². The Morgan fingerprint density at radius 2 is 2.27 bits per heavy atom. The largest absolute Gasteiger partial charge is 0.466 e. The van der Waals surface area contributed by atoms with Gasteiger partial charge in [0, 0.05) is 18.0 Å². The highest BCUT2D eigenvalue weighted by molar-refractivity contribution is 7.13. The molecule has 22 heavy (non-hydrogen) atoms. The van der Waals surface area contributed by atoms with Crippen LogP contribution in [0.1, 0.15) is 25.5 Å². The molecule has 7 nitrogen and oxygen atoms in total. The van der Waals surface area contributed by atoms with Crippen LogP contribution in [0.5, 0.6) is 0 Å². The van der Waals surface area contributed by atoms with Gasteiger partial charge in [-0.25, -0.2) is 4.98 Å². The monoisotopic (exact) mass is 317 g/mol. The molecule has 0 saturated heterocycles. The number of hydrogen-bond donors (Lipinski definition) is 0. The lowest BCUT2D eigenvalue weighted by molar-refractivity contribution is -0.143. The van der Waals surface area contributed by atoms with Crippen molar-refractivity contribution in [2.45, 2.75) is 26.2 Å². The van der Waals surface area contributed by atoms with E-state index in [0.29, 0.717) is 37.3 Å². The lowest BCUT2D eigenvalue weighted by Crippen LogP contribution is -2.05. The Labute approximate surface area is 131 Å². The molecule has 0 aliphatic heterocycles. The van der Waals surface area contributed by atoms with Crippen LogP contribution in [0, 0.1) is 0 Å². The Bertz CT molecular complexity index is 769. The minimum Gasteiger partial charge on any atom is -0.466 e. The maximum absolute atomic E-state index is 11.3. The number of nitrogens with zero attached hydrogens (tertiary/aromatic N) is 5. The fraction of sp³-hybridized carbons (Fsp3) is 0.357. The van der Waals surface area contributed by atoms with Crippen LogP contribution in [-0.2, 0) is 16.0 Å². The van der Waals surface area contributed by atoms with Crippen LogP contribution in [0.4, 0.5) is 0 Å². The summed E-state index contributed by atoms with van der Waals surface area (Å²) in [4.78, 5) is 15.6. The number of hydrogen-bond acceptors (Lipinski definition) is 7. The molecule has 0 amide bonds. The molecule has 0 unspecified atom stereocenters. The molecular formula is C14H15N5O2S. The molecule has 0 aliphatic carbocycles. The van der Waals surface area contributed by atoms with Crippen LogP contribution in [-0.4, -0.2) is 37.4 Å². The number of esters is 1. The van der Waals surface area contributed by atoms with Crippen molar-refractivity contribution in [3.8, 4) is 10.8 Å². The number of fused-ring (bicyclic) bond motifs is 1. The molecular weight excluding hydrogens is 302 g/mol. The normalized spacial score (nSPS) is 11.0. The predicted molar refractivity (Wildman–Crippen MR) is 81.5 cm³/mol. The number of carbonyl (C=O) groups is 1. The van der Waals surface area contributed by atoms with E-state index in [2.05, 4.69) is 20.3 Å². The van der Waals surface area contributed by atoms with E-state index in [-0.39, 0.29) is 5.97 Å². The fourth-order valence-electron chi connectivity index (χ4n) is 2.07. The number of ether oxygens (including phenoxy) is 1. The molecule has 0 aromatic carbocycles. The first kappa shape index (κ1) is 14.6. The number of rotatable bonds is 6. The van der Waals surface area contributed by atoms with E-state index in [1.807, 2.05) is 17.5 Å². The molecule has 0 radical (unpaired) electrons. The lowest BCUT2D eigenvalue weighted by atomic mass is 10.2. The zero-order valence-corrected chi connectivity index (χ0v) is 12.9. The Balaban J connectivity index is 1.75. The minimum atomic E-state index is -0.170. The van der Waals surface area contributed by atoms with Gasteiger partial charge >= 0.3 is 5.97 Å². The van der Waals surface area contributed by atoms with Gasteiger partial charge in [-0.1, -0.05) is 0 Å². The maximum Gasteiger partial charge on any atom is 0.305 e. The van der Waals surface area contributed by atoms with E-state index in [9.17, 15) is 4.79 Å². The third-order valence-corrected chi connectivity index (χ3v) is 3.83. The summed E-state index contributed by atoms with van der Waals surface area (Å²) in [5.74, 6) is 0.466. The molecule has 0 aliphatic rings. The third kappa shape index (κ3) is 3.11. The predicted octanol–water partition coefficient (Wildman–Crippen LogP) is 2.13. The average molecular weight is 317 g/mol. The van der Waals surface area contributed by atoms with Crippen molar-refractivity contribution in [1.82, 2.24) is 24.8 Å². The first-order valence-corrected chi connectivity index (χ1v) is 7.92. The van der Waals surface area contributed by atoms with Gasteiger partial charge in [0.25, 0.3) is 0 Å². The molecule has 0 bridgehead atoms. The highest BCUT2D eigenvalue weighted by Gasteiger charge is 2.12. The molecule has 8 heteroatoms. The van der Waals surface area contributed by atoms with Gasteiger partial charge in [0.1, 0.15) is 0 Å². The summed E-state index contributed by atoms with van der Waals surface area (Å²) in [5, 5.41) is 15.4. The second-order valence-electron chi connectivity index (χ2n) is 4.61. The molecule has 0 spiro atoms. The van der Waals surface area contributed by atoms with E-state index in [1.165, 1.54) is 11.3 Å². The minimum absolute atomic E-state index is 0.170. The van der Waals surface area contributed by atoms with Crippen molar-refractivity contribution in [3.05, 3.63) is 29.4 Å². The van der Waals surface area contributed by atoms with Crippen LogP contribution in [0.2, 0.25) is 0 Å². The SMILES string of the molecule is CCOC(=O)CCCc1ccc2nnc(-c3nccs3)n2n1. The van der Waals surface area contributed by atoms with Gasteiger partial charge in [-0.3, -0.25) is 4.79 Å². The molecule has 114 valence electrons. The van der Waals surface area contributed by atoms with E-state index in [1.54, 1.807) is 17.6 Å². The van der Waals surface area contributed by atoms with Crippen molar-refractivity contribution in [2.24, 2.45) is 0 Å². The van der Waals surface area contributed by atoms with Crippen LogP contribution in [0.15, 0.2) is 23.7 Å². The van der Waals surface area contributed by atoms with Gasteiger partial charge in [0.05, 0.1) is 12.3 Å². The van der Waals surface area contributed by atoms with Crippen molar-refractivity contribution in [2.75, 3.05) is 6.61 Å². The molecule has 3 heterocycles. The zero-order valence-electron chi connectivity index (χ0n) is 12.1. The van der Waals surface area contributed by atoms with Gasteiger partial charge in [0.2, 0.25) is 5.82 Å². The van der Waals surface area contributed by atoms with Crippen molar-refractivity contribution in [1.29, 1.82) is 0 Å². The molecule has 3 aromatic heterocycles. The van der Waals surface area contributed by atoms with E-state index >= 15 is 0 Å². The highest BCUT2D eigenvalue weighted by Crippen LogP contribution is 2.19. The van der Waals surface area contributed by atoms with E-state index in [0.717, 1.165) is 10.7 Å². The van der Waals surface area contributed by atoms with Crippen molar-refractivity contribution in [3.63, 3.8) is 0 Å².